The van der Waals surface area contributed by atoms with Crippen LogP contribution in [0.15, 0.2) is 65.7 Å². The summed E-state index contributed by atoms with van der Waals surface area (Å²) in [6.07, 6.45) is 0. The fraction of sp³-hybridized carbons (Fsp3) is 0.176. The van der Waals surface area contributed by atoms with Gasteiger partial charge in [-0.05, 0) is 24.3 Å². The summed E-state index contributed by atoms with van der Waals surface area (Å²) in [5.74, 6) is 0. The van der Waals surface area contributed by atoms with E-state index in [0.29, 0.717) is 5.25 Å². The summed E-state index contributed by atoms with van der Waals surface area (Å²) < 4.78 is 0. The molecule has 3 aromatic rings. The maximum atomic E-state index is 3.46. The predicted molar refractivity (Wildman–Crippen MR) is 88.5 cm³/mol. The first-order valence-corrected chi connectivity index (χ1v) is 7.72. The van der Waals surface area contributed by atoms with E-state index in [2.05, 4.69) is 71.8 Å². The minimum Gasteiger partial charge on any atom is -0.384 e. The van der Waals surface area contributed by atoms with Crippen LogP contribution in [0.5, 0.6) is 0 Å². The highest BCUT2D eigenvalue weighted by Crippen LogP contribution is 2.26. The fourth-order valence-electron chi connectivity index (χ4n) is 2.19. The normalized spacial score (nSPS) is 12.4. The minimum absolute atomic E-state index is 0.503. The van der Waals surface area contributed by atoms with E-state index in [1.54, 1.807) is 0 Å². The molecule has 0 aliphatic carbocycles. The summed E-state index contributed by atoms with van der Waals surface area (Å²) in [6, 6.07) is 21.0. The van der Waals surface area contributed by atoms with Gasteiger partial charge < -0.3 is 10.3 Å². The zero-order chi connectivity index (χ0) is 13.8. The van der Waals surface area contributed by atoms with Gasteiger partial charge in [-0.3, -0.25) is 0 Å². The number of rotatable bonds is 5. The van der Waals surface area contributed by atoms with Crippen molar-refractivity contribution < 1.29 is 0 Å². The lowest BCUT2D eigenvalue weighted by Crippen LogP contribution is -2.12. The van der Waals surface area contributed by atoms with Gasteiger partial charge in [0.05, 0.1) is 5.03 Å². The zero-order valence-corrected chi connectivity index (χ0v) is 12.3. The Morgan fingerprint density at radius 3 is 2.60 bits per heavy atom. The topological polar surface area (TPSA) is 27.8 Å². The number of aromatic amines is 1. The van der Waals surface area contributed by atoms with Crippen molar-refractivity contribution in [2.24, 2.45) is 0 Å². The molecule has 0 bridgehead atoms. The van der Waals surface area contributed by atoms with Gasteiger partial charge in [-0.15, -0.1) is 11.8 Å². The SMILES string of the molecule is CC(CNc1ccccc1)Sc1cc2ccccc2[nH]1. The van der Waals surface area contributed by atoms with E-state index in [-0.39, 0.29) is 0 Å². The molecule has 3 heteroatoms. The number of para-hydroxylation sites is 2. The highest BCUT2D eigenvalue weighted by atomic mass is 32.2. The van der Waals surface area contributed by atoms with Gasteiger partial charge in [0, 0.05) is 28.4 Å². The summed E-state index contributed by atoms with van der Waals surface area (Å²) in [5.41, 5.74) is 2.38. The molecule has 3 rings (SSSR count). The second kappa shape index (κ2) is 6.06. The van der Waals surface area contributed by atoms with Gasteiger partial charge in [0.2, 0.25) is 0 Å². The van der Waals surface area contributed by atoms with Gasteiger partial charge in [-0.25, -0.2) is 0 Å². The van der Waals surface area contributed by atoms with E-state index in [9.17, 15) is 0 Å². The molecule has 20 heavy (non-hydrogen) atoms. The van der Waals surface area contributed by atoms with E-state index >= 15 is 0 Å². The minimum atomic E-state index is 0.503. The lowest BCUT2D eigenvalue weighted by molar-refractivity contribution is 0.994. The van der Waals surface area contributed by atoms with Crippen molar-refractivity contribution in [1.82, 2.24) is 4.98 Å². The molecule has 2 aromatic carbocycles. The molecule has 1 atom stereocenters. The number of anilines is 1. The van der Waals surface area contributed by atoms with Gasteiger partial charge in [-0.2, -0.15) is 0 Å². The molecule has 0 aliphatic rings. The van der Waals surface area contributed by atoms with Crippen molar-refractivity contribution in [1.29, 1.82) is 0 Å². The Morgan fingerprint density at radius 2 is 1.80 bits per heavy atom. The molecule has 0 aliphatic heterocycles. The number of hydrogen-bond acceptors (Lipinski definition) is 2. The van der Waals surface area contributed by atoms with Gasteiger partial charge in [0.15, 0.2) is 0 Å². The summed E-state index contributed by atoms with van der Waals surface area (Å²) in [4.78, 5) is 3.46. The number of aromatic nitrogens is 1. The van der Waals surface area contributed by atoms with Gasteiger partial charge in [-0.1, -0.05) is 43.3 Å². The van der Waals surface area contributed by atoms with Crippen LogP contribution in [0.1, 0.15) is 6.92 Å². The van der Waals surface area contributed by atoms with Crippen LogP contribution in [0.3, 0.4) is 0 Å². The van der Waals surface area contributed by atoms with Crippen LogP contribution in [0.4, 0.5) is 5.69 Å². The third kappa shape index (κ3) is 3.17. The van der Waals surface area contributed by atoms with Gasteiger partial charge in [0.1, 0.15) is 0 Å². The van der Waals surface area contributed by atoms with Crippen molar-refractivity contribution in [3.8, 4) is 0 Å². The molecule has 0 saturated carbocycles. The highest BCUT2D eigenvalue weighted by Gasteiger charge is 2.07. The van der Waals surface area contributed by atoms with Crippen LogP contribution in [-0.4, -0.2) is 16.8 Å². The molecule has 0 spiro atoms. The van der Waals surface area contributed by atoms with Crippen molar-refractivity contribution in [3.63, 3.8) is 0 Å². The number of nitrogens with one attached hydrogen (secondary N) is 2. The highest BCUT2D eigenvalue weighted by molar-refractivity contribution is 7.99. The third-order valence-corrected chi connectivity index (χ3v) is 4.24. The standard InChI is InChI=1S/C17H18N2S/c1-13(12-18-15-8-3-2-4-9-15)20-17-11-14-7-5-6-10-16(14)19-17/h2-11,13,18-19H,12H2,1H3. The Kier molecular flexibility index (Phi) is 3.97. The summed E-state index contributed by atoms with van der Waals surface area (Å²) in [6.45, 7) is 3.19. The van der Waals surface area contributed by atoms with Crippen molar-refractivity contribution in [2.75, 3.05) is 11.9 Å². The summed E-state index contributed by atoms with van der Waals surface area (Å²) >= 11 is 1.87. The average Bonchev–Trinajstić information content (AvgIpc) is 2.88. The molecule has 1 unspecified atom stereocenters. The smallest absolute Gasteiger partial charge is 0.0735 e. The van der Waals surface area contributed by atoms with Gasteiger partial charge >= 0.3 is 0 Å². The lowest BCUT2D eigenvalue weighted by atomic mass is 10.3. The van der Waals surface area contributed by atoms with Crippen molar-refractivity contribution in [2.45, 2.75) is 17.2 Å². The summed E-state index contributed by atoms with van der Waals surface area (Å²) in [7, 11) is 0. The monoisotopic (exact) mass is 282 g/mol. The van der Waals surface area contributed by atoms with Crippen LogP contribution in [0.2, 0.25) is 0 Å². The van der Waals surface area contributed by atoms with Crippen LogP contribution in [-0.2, 0) is 0 Å². The second-order valence-electron chi connectivity index (χ2n) is 4.90. The number of thioether (sulfide) groups is 1. The van der Waals surface area contributed by atoms with Crippen LogP contribution in [0, 0.1) is 0 Å². The Balaban J connectivity index is 1.59. The van der Waals surface area contributed by atoms with E-state index in [1.807, 2.05) is 17.8 Å². The Hall–Kier alpha value is -1.87. The molecule has 1 heterocycles. The van der Waals surface area contributed by atoms with Crippen LogP contribution in [0.25, 0.3) is 10.9 Å². The Bertz CT molecular complexity index is 643. The largest absolute Gasteiger partial charge is 0.384 e. The third-order valence-electron chi connectivity index (χ3n) is 3.20. The van der Waals surface area contributed by atoms with E-state index in [4.69, 9.17) is 0 Å². The predicted octanol–water partition coefficient (Wildman–Crippen LogP) is 4.76. The number of fused-ring (bicyclic) bond motifs is 1. The quantitative estimate of drug-likeness (QED) is 0.660. The molecule has 2 nitrogen and oxygen atoms in total. The number of hydrogen-bond donors (Lipinski definition) is 2. The lowest BCUT2D eigenvalue weighted by Gasteiger charge is -2.12. The van der Waals surface area contributed by atoms with E-state index < -0.39 is 0 Å². The molecular formula is C17H18N2S. The van der Waals surface area contributed by atoms with E-state index in [0.717, 1.165) is 6.54 Å². The maximum Gasteiger partial charge on any atom is 0.0735 e. The number of benzene rings is 2. The van der Waals surface area contributed by atoms with Crippen LogP contribution < -0.4 is 5.32 Å². The maximum absolute atomic E-state index is 3.46. The first kappa shape index (κ1) is 13.1. The molecular weight excluding hydrogens is 264 g/mol. The Morgan fingerprint density at radius 1 is 1.05 bits per heavy atom. The molecule has 0 amide bonds. The fourth-order valence-corrected chi connectivity index (χ4v) is 3.15. The average molecular weight is 282 g/mol. The van der Waals surface area contributed by atoms with Crippen LogP contribution >= 0.6 is 11.8 Å². The van der Waals surface area contributed by atoms with Crippen molar-refractivity contribution >= 4 is 28.4 Å². The first-order chi connectivity index (χ1) is 9.81. The van der Waals surface area contributed by atoms with Gasteiger partial charge in [0.25, 0.3) is 0 Å². The molecule has 102 valence electrons. The molecule has 2 N–H and O–H groups in total. The molecule has 0 radical (unpaired) electrons. The van der Waals surface area contributed by atoms with E-state index in [1.165, 1.54) is 21.6 Å². The Labute approximate surface area is 123 Å². The number of H-pyrrole nitrogens is 1. The molecule has 1 aromatic heterocycles. The molecule has 0 saturated heterocycles. The molecule has 0 fully saturated rings. The van der Waals surface area contributed by atoms with Crippen molar-refractivity contribution in [3.05, 3.63) is 60.7 Å². The second-order valence-corrected chi connectivity index (χ2v) is 6.38. The zero-order valence-electron chi connectivity index (χ0n) is 11.5. The summed E-state index contributed by atoms with van der Waals surface area (Å²) in [5, 5.41) is 6.47. The first-order valence-electron chi connectivity index (χ1n) is 6.84.